The number of rotatable bonds is 7. The lowest BCUT2D eigenvalue weighted by Gasteiger charge is -2.46. The smallest absolute Gasteiger partial charge is 0.134 e. The van der Waals surface area contributed by atoms with Crippen LogP contribution in [0.4, 0.5) is 4.39 Å². The number of ether oxygens (including phenoxy) is 3. The van der Waals surface area contributed by atoms with Gasteiger partial charge in [-0.25, -0.2) is 4.39 Å². The summed E-state index contributed by atoms with van der Waals surface area (Å²) in [4.78, 5) is 1.21. The molecule has 0 amide bonds. The summed E-state index contributed by atoms with van der Waals surface area (Å²) < 4.78 is 30.8. The maximum atomic E-state index is 13.5. The van der Waals surface area contributed by atoms with E-state index < -0.39 is 0 Å². The van der Waals surface area contributed by atoms with E-state index in [0.717, 1.165) is 57.7 Å². The standard InChI is InChI=1S/C22H28FNO3S/c1-25-19-6-13-28-20(19)14-24-10-7-21(17-2-4-18(23)5-3-17)8-12-27-22(15-21)9-11-26-16-22/h2-6,13,24H,7-12,14-16H2,1H3. The molecule has 4 rings (SSSR count). The van der Waals surface area contributed by atoms with E-state index in [9.17, 15) is 4.39 Å². The minimum Gasteiger partial charge on any atom is -0.496 e. The summed E-state index contributed by atoms with van der Waals surface area (Å²) in [5.74, 6) is 0.756. The van der Waals surface area contributed by atoms with Gasteiger partial charge in [-0.3, -0.25) is 0 Å². The molecule has 2 aliphatic heterocycles. The van der Waals surface area contributed by atoms with Crippen LogP contribution in [0.3, 0.4) is 0 Å². The van der Waals surface area contributed by atoms with Crippen LogP contribution in [0.2, 0.25) is 0 Å². The van der Waals surface area contributed by atoms with Crippen LogP contribution >= 0.6 is 11.3 Å². The normalized spacial score (nSPS) is 27.4. The molecule has 6 heteroatoms. The van der Waals surface area contributed by atoms with Crippen LogP contribution in [-0.4, -0.2) is 39.1 Å². The van der Waals surface area contributed by atoms with Crippen molar-refractivity contribution in [2.75, 3.05) is 33.5 Å². The van der Waals surface area contributed by atoms with Gasteiger partial charge in [-0.15, -0.1) is 11.3 Å². The van der Waals surface area contributed by atoms with Crippen molar-refractivity contribution in [3.8, 4) is 5.75 Å². The Bertz CT molecular complexity index is 772. The molecule has 2 unspecified atom stereocenters. The molecule has 1 spiro atoms. The zero-order valence-electron chi connectivity index (χ0n) is 16.3. The lowest BCUT2D eigenvalue weighted by atomic mass is 9.66. The number of halogens is 1. The van der Waals surface area contributed by atoms with E-state index in [4.69, 9.17) is 14.2 Å². The van der Waals surface area contributed by atoms with Gasteiger partial charge < -0.3 is 19.5 Å². The molecule has 152 valence electrons. The quantitative estimate of drug-likeness (QED) is 0.698. The van der Waals surface area contributed by atoms with Gasteiger partial charge in [0.25, 0.3) is 0 Å². The fraction of sp³-hybridized carbons (Fsp3) is 0.545. The first-order valence-corrected chi connectivity index (χ1v) is 10.8. The largest absolute Gasteiger partial charge is 0.496 e. The molecular weight excluding hydrogens is 377 g/mol. The fourth-order valence-electron chi connectivity index (χ4n) is 4.64. The molecular formula is C22H28FNO3S. The highest BCUT2D eigenvalue weighted by Crippen LogP contribution is 2.46. The maximum Gasteiger partial charge on any atom is 0.134 e. The van der Waals surface area contributed by atoms with E-state index in [1.807, 2.05) is 18.2 Å². The van der Waals surface area contributed by atoms with Gasteiger partial charge in [-0.1, -0.05) is 12.1 Å². The van der Waals surface area contributed by atoms with Gasteiger partial charge in [0, 0.05) is 31.6 Å². The first-order valence-electron chi connectivity index (χ1n) is 9.94. The molecule has 1 aromatic heterocycles. The summed E-state index contributed by atoms with van der Waals surface area (Å²) in [5, 5.41) is 5.63. The SMILES string of the molecule is COc1ccsc1CNCCC1(c2ccc(F)cc2)CCOC2(CCOC2)C1. The van der Waals surface area contributed by atoms with Crippen LogP contribution in [0.1, 0.15) is 36.1 Å². The molecule has 2 aromatic rings. The van der Waals surface area contributed by atoms with E-state index in [2.05, 4.69) is 10.7 Å². The highest BCUT2D eigenvalue weighted by atomic mass is 32.1. The summed E-state index contributed by atoms with van der Waals surface area (Å²) in [6.45, 7) is 3.83. The molecule has 0 saturated carbocycles. The van der Waals surface area contributed by atoms with Crippen molar-refractivity contribution in [1.82, 2.24) is 5.32 Å². The van der Waals surface area contributed by atoms with E-state index in [1.54, 1.807) is 30.6 Å². The molecule has 2 aliphatic rings. The molecule has 28 heavy (non-hydrogen) atoms. The number of nitrogens with one attached hydrogen (secondary N) is 1. The molecule has 1 aromatic carbocycles. The van der Waals surface area contributed by atoms with Crippen molar-refractivity contribution in [3.63, 3.8) is 0 Å². The molecule has 1 N–H and O–H groups in total. The van der Waals surface area contributed by atoms with Gasteiger partial charge in [-0.2, -0.15) is 0 Å². The lowest BCUT2D eigenvalue weighted by molar-refractivity contribution is -0.108. The zero-order chi connectivity index (χ0) is 19.5. The average Bonchev–Trinajstić information content (AvgIpc) is 3.35. The Labute approximate surface area is 170 Å². The van der Waals surface area contributed by atoms with Crippen molar-refractivity contribution in [3.05, 3.63) is 52.0 Å². The second-order valence-corrected chi connectivity index (χ2v) is 8.89. The van der Waals surface area contributed by atoms with Crippen molar-refractivity contribution < 1.29 is 18.6 Å². The molecule has 2 saturated heterocycles. The van der Waals surface area contributed by atoms with Gasteiger partial charge >= 0.3 is 0 Å². The lowest BCUT2D eigenvalue weighted by Crippen LogP contribution is -2.49. The average molecular weight is 406 g/mol. The maximum absolute atomic E-state index is 13.5. The first kappa shape index (κ1) is 19.8. The third-order valence-electron chi connectivity index (χ3n) is 6.16. The number of benzene rings is 1. The minimum atomic E-state index is -0.191. The molecule has 2 atom stereocenters. The highest BCUT2D eigenvalue weighted by molar-refractivity contribution is 7.10. The topological polar surface area (TPSA) is 39.7 Å². The van der Waals surface area contributed by atoms with Crippen LogP contribution in [0.15, 0.2) is 35.7 Å². The van der Waals surface area contributed by atoms with E-state index in [0.29, 0.717) is 6.61 Å². The van der Waals surface area contributed by atoms with Gasteiger partial charge in [0.05, 0.1) is 24.2 Å². The van der Waals surface area contributed by atoms with E-state index >= 15 is 0 Å². The van der Waals surface area contributed by atoms with E-state index in [1.165, 1.54) is 10.4 Å². The van der Waals surface area contributed by atoms with Crippen LogP contribution in [0.25, 0.3) is 0 Å². The van der Waals surface area contributed by atoms with E-state index in [-0.39, 0.29) is 16.8 Å². The Morgan fingerprint density at radius 1 is 1.18 bits per heavy atom. The Kier molecular flexibility index (Phi) is 6.01. The van der Waals surface area contributed by atoms with Crippen LogP contribution in [0.5, 0.6) is 5.75 Å². The molecule has 0 aliphatic carbocycles. The van der Waals surface area contributed by atoms with Crippen molar-refractivity contribution in [2.45, 2.75) is 43.2 Å². The number of methoxy groups -OCH3 is 1. The first-order chi connectivity index (χ1) is 13.6. The Morgan fingerprint density at radius 2 is 2.04 bits per heavy atom. The summed E-state index contributed by atoms with van der Waals surface area (Å²) >= 11 is 1.71. The van der Waals surface area contributed by atoms with Gasteiger partial charge in [0.2, 0.25) is 0 Å². The number of hydrogen-bond acceptors (Lipinski definition) is 5. The molecule has 0 radical (unpaired) electrons. The minimum absolute atomic E-state index is 0.0216. The highest BCUT2D eigenvalue weighted by Gasteiger charge is 2.48. The molecule has 0 bridgehead atoms. The van der Waals surface area contributed by atoms with Crippen LogP contribution < -0.4 is 10.1 Å². The third kappa shape index (κ3) is 4.10. The van der Waals surface area contributed by atoms with Crippen LogP contribution in [-0.2, 0) is 21.4 Å². The third-order valence-corrected chi connectivity index (χ3v) is 7.07. The summed E-state index contributed by atoms with van der Waals surface area (Å²) in [7, 11) is 1.71. The van der Waals surface area contributed by atoms with Crippen molar-refractivity contribution >= 4 is 11.3 Å². The summed E-state index contributed by atoms with van der Waals surface area (Å²) in [6.07, 6.45) is 3.80. The van der Waals surface area contributed by atoms with Crippen LogP contribution in [0, 0.1) is 5.82 Å². The van der Waals surface area contributed by atoms with Crippen molar-refractivity contribution in [1.29, 1.82) is 0 Å². The number of thiophene rings is 1. The second kappa shape index (κ2) is 8.49. The Balaban J connectivity index is 1.48. The Hall–Kier alpha value is -1.47. The second-order valence-electron chi connectivity index (χ2n) is 7.89. The summed E-state index contributed by atoms with van der Waals surface area (Å²) in [5.41, 5.74) is 0.995. The predicted molar refractivity (Wildman–Crippen MR) is 109 cm³/mol. The molecule has 2 fully saturated rings. The monoisotopic (exact) mass is 405 g/mol. The summed E-state index contributed by atoms with van der Waals surface area (Å²) in [6, 6.07) is 9.06. The van der Waals surface area contributed by atoms with Crippen molar-refractivity contribution in [2.24, 2.45) is 0 Å². The number of hydrogen-bond donors (Lipinski definition) is 1. The molecule has 3 heterocycles. The van der Waals surface area contributed by atoms with Gasteiger partial charge in [0.15, 0.2) is 0 Å². The van der Waals surface area contributed by atoms with Gasteiger partial charge in [0.1, 0.15) is 11.6 Å². The van der Waals surface area contributed by atoms with Gasteiger partial charge in [-0.05, 0) is 54.9 Å². The fourth-order valence-corrected chi connectivity index (χ4v) is 5.45. The zero-order valence-corrected chi connectivity index (χ0v) is 17.2. The predicted octanol–water partition coefficient (Wildman–Crippen LogP) is 4.28. The molecule has 4 nitrogen and oxygen atoms in total. The Morgan fingerprint density at radius 3 is 2.79 bits per heavy atom.